The van der Waals surface area contributed by atoms with Crippen molar-refractivity contribution >= 4 is 28.5 Å². The van der Waals surface area contributed by atoms with Crippen LogP contribution in [0.25, 0.3) is 17.3 Å². The lowest BCUT2D eigenvalue weighted by molar-refractivity contribution is -0.112. The molecule has 2 aromatic carbocycles. The van der Waals surface area contributed by atoms with Crippen molar-refractivity contribution in [2.24, 2.45) is 0 Å². The van der Waals surface area contributed by atoms with Gasteiger partial charge in [-0.05, 0) is 35.8 Å². The molecule has 5 nitrogen and oxygen atoms in total. The Morgan fingerprint density at radius 2 is 1.93 bits per heavy atom. The molecule has 2 N–H and O–H groups in total. The van der Waals surface area contributed by atoms with Crippen LogP contribution in [0.1, 0.15) is 18.1 Å². The van der Waals surface area contributed by atoms with E-state index in [1.807, 2.05) is 23.6 Å². The Morgan fingerprint density at radius 1 is 1.22 bits per heavy atom. The predicted octanol–water partition coefficient (Wildman–Crippen LogP) is 4.62. The zero-order valence-electron chi connectivity index (χ0n) is 14.6. The van der Waals surface area contributed by atoms with Crippen LogP contribution in [-0.4, -0.2) is 16.0 Å². The van der Waals surface area contributed by atoms with Crippen LogP contribution in [0.15, 0.2) is 59.5 Å². The summed E-state index contributed by atoms with van der Waals surface area (Å²) < 4.78 is 0. The van der Waals surface area contributed by atoms with Gasteiger partial charge in [0.15, 0.2) is 5.13 Å². The van der Waals surface area contributed by atoms with E-state index in [-0.39, 0.29) is 11.3 Å². The molecular formula is C21H17N3O2S. The molecule has 0 aliphatic rings. The summed E-state index contributed by atoms with van der Waals surface area (Å²) in [5, 5.41) is 23.5. The number of aromatic hydroxyl groups is 1. The molecule has 0 aliphatic heterocycles. The minimum absolute atomic E-state index is 0.0373. The van der Waals surface area contributed by atoms with E-state index in [0.29, 0.717) is 10.7 Å². The lowest BCUT2D eigenvalue weighted by Gasteiger charge is -2.01. The van der Waals surface area contributed by atoms with E-state index in [9.17, 15) is 15.2 Å². The molecule has 0 saturated heterocycles. The van der Waals surface area contributed by atoms with E-state index in [4.69, 9.17) is 0 Å². The van der Waals surface area contributed by atoms with Gasteiger partial charge in [-0.25, -0.2) is 4.98 Å². The molecule has 0 spiro atoms. The third kappa shape index (κ3) is 4.60. The van der Waals surface area contributed by atoms with E-state index in [1.54, 1.807) is 12.1 Å². The second-order valence-corrected chi connectivity index (χ2v) is 6.66. The van der Waals surface area contributed by atoms with Crippen LogP contribution in [0.5, 0.6) is 5.75 Å². The summed E-state index contributed by atoms with van der Waals surface area (Å²) in [6.07, 6.45) is 2.44. The Balaban J connectivity index is 1.74. The fraction of sp³-hybridized carbons (Fsp3) is 0.0952. The number of nitrogens with one attached hydrogen (secondary N) is 1. The molecule has 1 amide bonds. The number of aryl methyl sites for hydroxylation is 1. The lowest BCUT2D eigenvalue weighted by Crippen LogP contribution is -2.13. The van der Waals surface area contributed by atoms with Crippen molar-refractivity contribution in [3.8, 4) is 23.1 Å². The van der Waals surface area contributed by atoms with Gasteiger partial charge >= 0.3 is 0 Å². The van der Waals surface area contributed by atoms with Gasteiger partial charge in [-0.2, -0.15) is 5.26 Å². The van der Waals surface area contributed by atoms with Crippen molar-refractivity contribution in [3.05, 3.63) is 70.6 Å². The monoisotopic (exact) mass is 375 g/mol. The molecule has 0 aliphatic carbocycles. The highest BCUT2D eigenvalue weighted by Gasteiger charge is 2.12. The van der Waals surface area contributed by atoms with Gasteiger partial charge < -0.3 is 5.11 Å². The fourth-order valence-electron chi connectivity index (χ4n) is 2.43. The fourth-order valence-corrected chi connectivity index (χ4v) is 3.14. The van der Waals surface area contributed by atoms with Crippen molar-refractivity contribution in [1.82, 2.24) is 4.98 Å². The molecule has 0 fully saturated rings. The molecule has 1 heterocycles. The van der Waals surface area contributed by atoms with Gasteiger partial charge in [0.2, 0.25) is 0 Å². The first kappa shape index (κ1) is 18.4. The molecular weight excluding hydrogens is 358 g/mol. The average molecular weight is 375 g/mol. The zero-order valence-corrected chi connectivity index (χ0v) is 15.5. The number of hydrogen-bond acceptors (Lipinski definition) is 5. The van der Waals surface area contributed by atoms with Crippen molar-refractivity contribution in [1.29, 1.82) is 5.26 Å². The van der Waals surface area contributed by atoms with E-state index < -0.39 is 5.91 Å². The molecule has 0 bridgehead atoms. The number of anilines is 1. The van der Waals surface area contributed by atoms with Gasteiger partial charge in [-0.15, -0.1) is 11.3 Å². The Bertz CT molecular complexity index is 1010. The van der Waals surface area contributed by atoms with Gasteiger partial charge in [0.05, 0.1) is 5.69 Å². The molecule has 134 valence electrons. The van der Waals surface area contributed by atoms with Crippen LogP contribution in [0.4, 0.5) is 5.13 Å². The normalized spacial score (nSPS) is 11.0. The van der Waals surface area contributed by atoms with Crippen molar-refractivity contribution < 1.29 is 9.90 Å². The van der Waals surface area contributed by atoms with E-state index in [1.165, 1.54) is 35.1 Å². The summed E-state index contributed by atoms with van der Waals surface area (Å²) in [6.45, 7) is 2.10. The maximum atomic E-state index is 12.4. The molecule has 0 saturated carbocycles. The summed E-state index contributed by atoms with van der Waals surface area (Å²) in [5.74, 6) is -0.398. The van der Waals surface area contributed by atoms with Crippen LogP contribution in [-0.2, 0) is 11.2 Å². The predicted molar refractivity (Wildman–Crippen MR) is 107 cm³/mol. The first-order valence-corrected chi connectivity index (χ1v) is 9.24. The molecule has 0 unspecified atom stereocenters. The van der Waals surface area contributed by atoms with Gasteiger partial charge in [-0.1, -0.05) is 43.3 Å². The number of thiazole rings is 1. The van der Waals surface area contributed by atoms with Gasteiger partial charge in [0, 0.05) is 10.9 Å². The van der Waals surface area contributed by atoms with Crippen molar-refractivity contribution in [2.45, 2.75) is 13.3 Å². The maximum Gasteiger partial charge on any atom is 0.268 e. The average Bonchev–Trinajstić information content (AvgIpc) is 3.16. The Labute approximate surface area is 161 Å². The molecule has 1 aromatic heterocycles. The molecule has 27 heavy (non-hydrogen) atoms. The Morgan fingerprint density at radius 3 is 2.56 bits per heavy atom. The summed E-state index contributed by atoms with van der Waals surface area (Å²) in [4.78, 5) is 16.8. The molecule has 6 heteroatoms. The van der Waals surface area contributed by atoms with Crippen LogP contribution >= 0.6 is 11.3 Å². The highest BCUT2D eigenvalue weighted by atomic mass is 32.1. The lowest BCUT2D eigenvalue weighted by atomic mass is 10.1. The number of rotatable bonds is 5. The zero-order chi connectivity index (χ0) is 19.2. The first-order valence-electron chi connectivity index (χ1n) is 8.36. The third-order valence-electron chi connectivity index (χ3n) is 3.95. The van der Waals surface area contributed by atoms with E-state index in [0.717, 1.165) is 17.7 Å². The molecule has 0 radical (unpaired) electrons. The smallest absolute Gasteiger partial charge is 0.268 e. The minimum atomic E-state index is -0.521. The van der Waals surface area contributed by atoms with Crippen molar-refractivity contribution in [3.63, 3.8) is 0 Å². The number of phenolic OH excluding ortho intramolecular Hbond substituents is 1. The second kappa shape index (κ2) is 8.30. The number of amides is 1. The Hall–Kier alpha value is -3.43. The van der Waals surface area contributed by atoms with Crippen molar-refractivity contribution in [2.75, 3.05) is 5.32 Å². The van der Waals surface area contributed by atoms with Gasteiger partial charge in [0.1, 0.15) is 17.4 Å². The van der Waals surface area contributed by atoms with Crippen LogP contribution < -0.4 is 5.32 Å². The highest BCUT2D eigenvalue weighted by molar-refractivity contribution is 7.14. The standard InChI is InChI=1S/C21H17N3O2S/c1-2-14-3-7-16(8-4-14)19-13-27-21(23-19)24-20(26)17(12-22)11-15-5-9-18(25)10-6-15/h3-11,13,25H,2H2,1H3,(H,23,24,26)/b17-11-. The van der Waals surface area contributed by atoms with Crippen LogP contribution in [0.3, 0.4) is 0 Å². The number of carbonyl (C=O) groups is 1. The summed E-state index contributed by atoms with van der Waals surface area (Å²) >= 11 is 1.31. The summed E-state index contributed by atoms with van der Waals surface area (Å²) in [7, 11) is 0. The van der Waals surface area contributed by atoms with Gasteiger partial charge in [0.25, 0.3) is 5.91 Å². The van der Waals surface area contributed by atoms with E-state index in [2.05, 4.69) is 29.4 Å². The summed E-state index contributed by atoms with van der Waals surface area (Å²) in [5.41, 5.74) is 3.61. The number of nitrogens with zero attached hydrogens (tertiary/aromatic N) is 2. The number of hydrogen-bond donors (Lipinski definition) is 2. The number of phenols is 1. The van der Waals surface area contributed by atoms with E-state index >= 15 is 0 Å². The van der Waals surface area contributed by atoms with Gasteiger partial charge in [-0.3, -0.25) is 10.1 Å². The number of nitriles is 1. The quantitative estimate of drug-likeness (QED) is 0.503. The maximum absolute atomic E-state index is 12.4. The second-order valence-electron chi connectivity index (χ2n) is 5.80. The third-order valence-corrected chi connectivity index (χ3v) is 4.71. The van der Waals surface area contributed by atoms with Crippen LogP contribution in [0, 0.1) is 11.3 Å². The summed E-state index contributed by atoms with van der Waals surface area (Å²) in [6, 6.07) is 16.3. The minimum Gasteiger partial charge on any atom is -0.508 e. The molecule has 0 atom stereocenters. The molecule has 3 rings (SSSR count). The SMILES string of the molecule is CCc1ccc(-c2csc(NC(=O)/C(C#N)=C\c3ccc(O)cc3)n2)cc1. The molecule has 3 aromatic rings. The topological polar surface area (TPSA) is 86.0 Å². The number of aromatic nitrogens is 1. The highest BCUT2D eigenvalue weighted by Crippen LogP contribution is 2.25. The van der Waals surface area contributed by atoms with Crippen LogP contribution in [0.2, 0.25) is 0 Å². The number of carbonyl (C=O) groups excluding carboxylic acids is 1. The largest absolute Gasteiger partial charge is 0.508 e. The Kier molecular flexibility index (Phi) is 5.64. The first-order chi connectivity index (χ1) is 13.1. The number of benzene rings is 2.